The van der Waals surface area contributed by atoms with Crippen LogP contribution in [0.1, 0.15) is 19.4 Å². The lowest BCUT2D eigenvalue weighted by atomic mass is 9.92. The molecule has 0 radical (unpaired) electrons. The van der Waals surface area contributed by atoms with Crippen molar-refractivity contribution < 1.29 is 18.7 Å². The van der Waals surface area contributed by atoms with E-state index >= 15 is 0 Å². The summed E-state index contributed by atoms with van der Waals surface area (Å²) in [6.07, 6.45) is 0. The van der Waals surface area contributed by atoms with Gasteiger partial charge in [0.2, 0.25) is 0 Å². The van der Waals surface area contributed by atoms with Crippen molar-refractivity contribution in [3.63, 3.8) is 0 Å². The van der Waals surface area contributed by atoms with Crippen molar-refractivity contribution >= 4 is 5.97 Å². The molecule has 0 aromatic heterocycles. The average Bonchev–Trinajstić information content (AvgIpc) is 2.22. The molecule has 0 fully saturated rings. The van der Waals surface area contributed by atoms with Gasteiger partial charge in [0.05, 0.1) is 0 Å². The highest BCUT2D eigenvalue weighted by atomic mass is 19.2. The predicted molar refractivity (Wildman–Crippen MR) is 55.0 cm³/mol. The molecular weight excluding hydrogens is 216 g/mol. The molecule has 0 saturated carbocycles. The highest BCUT2D eigenvalue weighted by Gasteiger charge is 2.34. The third-order valence-corrected chi connectivity index (χ3v) is 2.46. The fourth-order valence-corrected chi connectivity index (χ4v) is 1.46. The van der Waals surface area contributed by atoms with Gasteiger partial charge in [-0.3, -0.25) is 5.32 Å². The first-order valence-corrected chi connectivity index (χ1v) is 4.85. The number of benzene rings is 1. The maximum Gasteiger partial charge on any atom is 0.328 e. The Hall–Kier alpha value is -1.49. The molecule has 0 saturated heterocycles. The number of aliphatic carboxylic acids is 1. The Bertz CT molecular complexity index is 409. The van der Waals surface area contributed by atoms with Gasteiger partial charge in [-0.2, -0.15) is 0 Å². The van der Waals surface area contributed by atoms with Crippen molar-refractivity contribution in [2.75, 3.05) is 6.54 Å². The molecule has 0 bridgehead atoms. The van der Waals surface area contributed by atoms with Crippen LogP contribution in [0.3, 0.4) is 0 Å². The maximum absolute atomic E-state index is 13.0. The molecule has 0 spiro atoms. The second-order valence-corrected chi connectivity index (χ2v) is 3.59. The Morgan fingerprint density at radius 2 is 2.06 bits per heavy atom. The van der Waals surface area contributed by atoms with Crippen molar-refractivity contribution in [2.24, 2.45) is 0 Å². The molecule has 88 valence electrons. The summed E-state index contributed by atoms with van der Waals surface area (Å²) >= 11 is 0. The second kappa shape index (κ2) is 4.57. The van der Waals surface area contributed by atoms with Crippen LogP contribution in [0.15, 0.2) is 18.2 Å². The van der Waals surface area contributed by atoms with E-state index in [-0.39, 0.29) is 5.56 Å². The van der Waals surface area contributed by atoms with Gasteiger partial charge < -0.3 is 5.11 Å². The molecule has 3 nitrogen and oxygen atoms in total. The van der Waals surface area contributed by atoms with Gasteiger partial charge in [-0.05, 0) is 31.2 Å². The van der Waals surface area contributed by atoms with E-state index in [0.29, 0.717) is 6.54 Å². The number of likely N-dealkylation sites (N-methyl/N-ethyl adjacent to an activating group) is 1. The van der Waals surface area contributed by atoms with E-state index < -0.39 is 23.1 Å². The molecular formula is C11H13F2NO2. The summed E-state index contributed by atoms with van der Waals surface area (Å²) in [7, 11) is 0. The van der Waals surface area contributed by atoms with Gasteiger partial charge in [-0.25, -0.2) is 13.6 Å². The summed E-state index contributed by atoms with van der Waals surface area (Å²) in [5.41, 5.74) is -1.23. The van der Waals surface area contributed by atoms with Crippen LogP contribution in [0.5, 0.6) is 0 Å². The Morgan fingerprint density at radius 1 is 1.44 bits per heavy atom. The number of carboxylic acids is 1. The Kier molecular flexibility index (Phi) is 3.59. The number of nitrogens with one attached hydrogen (secondary N) is 1. The van der Waals surface area contributed by atoms with E-state index in [9.17, 15) is 13.6 Å². The summed E-state index contributed by atoms with van der Waals surface area (Å²) in [6.45, 7) is 3.55. The molecule has 1 rings (SSSR count). The van der Waals surface area contributed by atoms with E-state index in [1.165, 1.54) is 13.0 Å². The first-order chi connectivity index (χ1) is 7.41. The Labute approximate surface area is 92.1 Å². The molecule has 1 atom stereocenters. The van der Waals surface area contributed by atoms with Gasteiger partial charge in [0.15, 0.2) is 11.6 Å². The number of rotatable bonds is 4. The number of carboxylic acid groups (broad SMARTS) is 1. The SMILES string of the molecule is CCNC(C)(C(=O)O)c1ccc(F)c(F)c1. The van der Waals surface area contributed by atoms with E-state index in [0.717, 1.165) is 12.1 Å². The third-order valence-electron chi connectivity index (χ3n) is 2.46. The van der Waals surface area contributed by atoms with Gasteiger partial charge in [0.1, 0.15) is 5.54 Å². The molecule has 16 heavy (non-hydrogen) atoms. The first-order valence-electron chi connectivity index (χ1n) is 4.85. The van der Waals surface area contributed by atoms with Crippen LogP contribution >= 0.6 is 0 Å². The summed E-state index contributed by atoms with van der Waals surface area (Å²) in [6, 6.07) is 3.07. The molecule has 0 aliphatic carbocycles. The summed E-state index contributed by atoms with van der Waals surface area (Å²) in [5, 5.41) is 11.8. The number of halogens is 2. The zero-order valence-corrected chi connectivity index (χ0v) is 9.05. The van der Waals surface area contributed by atoms with Gasteiger partial charge >= 0.3 is 5.97 Å². The number of carbonyl (C=O) groups is 1. The first kappa shape index (κ1) is 12.6. The third kappa shape index (κ3) is 2.19. The lowest BCUT2D eigenvalue weighted by molar-refractivity contribution is -0.144. The maximum atomic E-state index is 13.0. The van der Waals surface area contributed by atoms with E-state index in [1.54, 1.807) is 6.92 Å². The van der Waals surface area contributed by atoms with Gasteiger partial charge in [0, 0.05) is 0 Å². The van der Waals surface area contributed by atoms with Crippen molar-refractivity contribution in [3.8, 4) is 0 Å². The van der Waals surface area contributed by atoms with Crippen molar-refractivity contribution in [1.29, 1.82) is 0 Å². The van der Waals surface area contributed by atoms with Crippen LogP contribution in [0, 0.1) is 11.6 Å². The minimum atomic E-state index is -1.41. The smallest absolute Gasteiger partial charge is 0.328 e. The minimum absolute atomic E-state index is 0.181. The quantitative estimate of drug-likeness (QED) is 0.828. The van der Waals surface area contributed by atoms with Gasteiger partial charge in [-0.1, -0.05) is 13.0 Å². The van der Waals surface area contributed by atoms with Crippen molar-refractivity contribution in [3.05, 3.63) is 35.4 Å². The van der Waals surface area contributed by atoms with E-state index in [2.05, 4.69) is 5.32 Å². The van der Waals surface area contributed by atoms with Crippen LogP contribution < -0.4 is 5.32 Å². The minimum Gasteiger partial charge on any atom is -0.480 e. The topological polar surface area (TPSA) is 49.3 Å². The van der Waals surface area contributed by atoms with Crippen LogP contribution in [-0.4, -0.2) is 17.6 Å². The fourth-order valence-electron chi connectivity index (χ4n) is 1.46. The molecule has 0 aliphatic heterocycles. The molecule has 0 amide bonds. The second-order valence-electron chi connectivity index (χ2n) is 3.59. The zero-order chi connectivity index (χ0) is 12.3. The van der Waals surface area contributed by atoms with Gasteiger partial charge in [-0.15, -0.1) is 0 Å². The number of hydrogen-bond acceptors (Lipinski definition) is 2. The average molecular weight is 229 g/mol. The summed E-state index contributed by atoms with van der Waals surface area (Å²) < 4.78 is 25.7. The molecule has 5 heteroatoms. The van der Waals surface area contributed by atoms with Crippen LogP contribution in [0.4, 0.5) is 8.78 Å². The molecule has 0 heterocycles. The normalized spacial score (nSPS) is 14.5. The van der Waals surface area contributed by atoms with Crippen molar-refractivity contribution in [2.45, 2.75) is 19.4 Å². The van der Waals surface area contributed by atoms with E-state index in [1.807, 2.05) is 0 Å². The standard InChI is InChI=1S/C11H13F2NO2/c1-3-14-11(2,10(15)16)7-4-5-8(12)9(13)6-7/h4-6,14H,3H2,1-2H3,(H,15,16). The summed E-state index contributed by atoms with van der Waals surface area (Å²) in [4.78, 5) is 11.1. The van der Waals surface area contributed by atoms with Gasteiger partial charge in [0.25, 0.3) is 0 Å². The molecule has 1 unspecified atom stereocenters. The zero-order valence-electron chi connectivity index (χ0n) is 9.05. The highest BCUT2D eigenvalue weighted by molar-refractivity contribution is 5.80. The fraction of sp³-hybridized carbons (Fsp3) is 0.364. The number of hydrogen-bond donors (Lipinski definition) is 2. The predicted octanol–water partition coefficient (Wildman–Crippen LogP) is 1.87. The van der Waals surface area contributed by atoms with Crippen molar-refractivity contribution in [1.82, 2.24) is 5.32 Å². The summed E-state index contributed by atoms with van der Waals surface area (Å²) in [5.74, 6) is -3.18. The van der Waals surface area contributed by atoms with Crippen LogP contribution in [0.25, 0.3) is 0 Å². The molecule has 0 aliphatic rings. The highest BCUT2D eigenvalue weighted by Crippen LogP contribution is 2.22. The lowest BCUT2D eigenvalue weighted by Crippen LogP contribution is -2.46. The largest absolute Gasteiger partial charge is 0.480 e. The molecule has 2 N–H and O–H groups in total. The lowest BCUT2D eigenvalue weighted by Gasteiger charge is -2.26. The van der Waals surface area contributed by atoms with Crippen LogP contribution in [0.2, 0.25) is 0 Å². The molecule has 1 aromatic rings. The van der Waals surface area contributed by atoms with Crippen LogP contribution in [-0.2, 0) is 10.3 Å². The molecule has 1 aromatic carbocycles. The Balaban J connectivity index is 3.21. The monoisotopic (exact) mass is 229 g/mol. The van der Waals surface area contributed by atoms with E-state index in [4.69, 9.17) is 5.11 Å². The Morgan fingerprint density at radius 3 is 2.50 bits per heavy atom.